The van der Waals surface area contributed by atoms with Crippen molar-refractivity contribution in [3.63, 3.8) is 0 Å². The Labute approximate surface area is 111 Å². The van der Waals surface area contributed by atoms with E-state index in [1.165, 1.54) is 0 Å². The molecule has 1 aromatic carbocycles. The van der Waals surface area contributed by atoms with Crippen LogP contribution in [0.4, 0.5) is 0 Å². The van der Waals surface area contributed by atoms with Gasteiger partial charge in [0.25, 0.3) is 5.91 Å². The summed E-state index contributed by atoms with van der Waals surface area (Å²) in [5, 5.41) is 14.0. The SMILES string of the molecule is N/C(CCCNC(=O)C1Cc2ccccc2O1)=N/O. The van der Waals surface area contributed by atoms with Crippen LogP contribution in [0.3, 0.4) is 0 Å². The third-order valence-corrected chi connectivity index (χ3v) is 2.98. The number of amides is 1. The first-order chi connectivity index (χ1) is 9.20. The van der Waals surface area contributed by atoms with Gasteiger partial charge in [-0.25, -0.2) is 0 Å². The van der Waals surface area contributed by atoms with Gasteiger partial charge in [0.1, 0.15) is 11.6 Å². The van der Waals surface area contributed by atoms with E-state index in [2.05, 4.69) is 10.5 Å². The minimum absolute atomic E-state index is 0.129. The lowest BCUT2D eigenvalue weighted by molar-refractivity contribution is -0.127. The quantitative estimate of drug-likeness (QED) is 0.239. The molecule has 1 aliphatic heterocycles. The maximum Gasteiger partial charge on any atom is 0.261 e. The average Bonchev–Trinajstić information content (AvgIpc) is 2.87. The van der Waals surface area contributed by atoms with E-state index in [0.29, 0.717) is 25.8 Å². The lowest BCUT2D eigenvalue weighted by Gasteiger charge is -2.11. The lowest BCUT2D eigenvalue weighted by atomic mass is 10.1. The van der Waals surface area contributed by atoms with Gasteiger partial charge in [0.15, 0.2) is 6.10 Å². The highest BCUT2D eigenvalue weighted by molar-refractivity contribution is 5.82. The second kappa shape index (κ2) is 6.08. The largest absolute Gasteiger partial charge is 0.480 e. The summed E-state index contributed by atoms with van der Waals surface area (Å²) in [6, 6.07) is 7.64. The fraction of sp³-hybridized carbons (Fsp3) is 0.385. The molecule has 1 unspecified atom stereocenters. The maximum atomic E-state index is 11.9. The molecule has 1 amide bonds. The smallest absolute Gasteiger partial charge is 0.261 e. The molecule has 0 radical (unpaired) electrons. The van der Waals surface area contributed by atoms with Gasteiger partial charge in [-0.05, 0) is 18.1 Å². The predicted octanol–water partition coefficient (Wildman–Crippen LogP) is 0.633. The number of hydrogen-bond donors (Lipinski definition) is 3. The molecule has 1 aliphatic rings. The van der Waals surface area contributed by atoms with Crippen LogP contribution in [0.15, 0.2) is 29.4 Å². The zero-order chi connectivity index (χ0) is 13.7. The fourth-order valence-electron chi connectivity index (χ4n) is 1.97. The molecule has 0 aliphatic carbocycles. The summed E-state index contributed by atoms with van der Waals surface area (Å²) >= 11 is 0. The topological polar surface area (TPSA) is 96.9 Å². The minimum Gasteiger partial charge on any atom is -0.480 e. The van der Waals surface area contributed by atoms with Crippen molar-refractivity contribution in [3.05, 3.63) is 29.8 Å². The first-order valence-electron chi connectivity index (χ1n) is 6.19. The lowest BCUT2D eigenvalue weighted by Crippen LogP contribution is -2.38. The molecule has 0 saturated heterocycles. The van der Waals surface area contributed by atoms with Gasteiger partial charge >= 0.3 is 0 Å². The van der Waals surface area contributed by atoms with Crippen molar-refractivity contribution in [3.8, 4) is 5.75 Å². The summed E-state index contributed by atoms with van der Waals surface area (Å²) in [6.45, 7) is 0.477. The molecule has 1 heterocycles. The fourth-order valence-corrected chi connectivity index (χ4v) is 1.97. The minimum atomic E-state index is -0.457. The molecule has 6 nitrogen and oxygen atoms in total. The Morgan fingerprint density at radius 3 is 3.05 bits per heavy atom. The van der Waals surface area contributed by atoms with Crippen molar-refractivity contribution in [1.82, 2.24) is 5.32 Å². The summed E-state index contributed by atoms with van der Waals surface area (Å²) in [4.78, 5) is 11.9. The monoisotopic (exact) mass is 263 g/mol. The summed E-state index contributed by atoms with van der Waals surface area (Å²) < 4.78 is 5.57. The molecule has 1 atom stereocenters. The summed E-state index contributed by atoms with van der Waals surface area (Å²) in [7, 11) is 0. The molecule has 0 spiro atoms. The maximum absolute atomic E-state index is 11.9. The third-order valence-electron chi connectivity index (χ3n) is 2.98. The van der Waals surface area contributed by atoms with E-state index >= 15 is 0 Å². The van der Waals surface area contributed by atoms with Crippen LogP contribution in [0, 0.1) is 0 Å². The number of nitrogens with two attached hydrogens (primary N) is 1. The first-order valence-corrected chi connectivity index (χ1v) is 6.19. The zero-order valence-corrected chi connectivity index (χ0v) is 10.5. The molecule has 6 heteroatoms. The van der Waals surface area contributed by atoms with Gasteiger partial charge in [0.05, 0.1) is 0 Å². The van der Waals surface area contributed by atoms with Crippen LogP contribution < -0.4 is 15.8 Å². The molecular formula is C13H17N3O3. The van der Waals surface area contributed by atoms with E-state index in [4.69, 9.17) is 15.7 Å². The second-order valence-electron chi connectivity index (χ2n) is 4.40. The van der Waals surface area contributed by atoms with Crippen molar-refractivity contribution in [2.24, 2.45) is 10.9 Å². The normalized spacial score (nSPS) is 17.7. The Hall–Kier alpha value is -2.24. The number of nitrogens with zero attached hydrogens (tertiary/aromatic N) is 1. The van der Waals surface area contributed by atoms with Gasteiger partial charge in [-0.15, -0.1) is 0 Å². The molecule has 0 aromatic heterocycles. The number of ether oxygens (including phenoxy) is 1. The Balaban J connectivity index is 1.74. The summed E-state index contributed by atoms with van der Waals surface area (Å²) in [5.41, 5.74) is 6.39. The Bertz CT molecular complexity index is 463. The number of benzene rings is 1. The number of para-hydroxylation sites is 1. The summed E-state index contributed by atoms with van der Waals surface area (Å²) in [6.07, 6.45) is 1.22. The molecule has 19 heavy (non-hydrogen) atoms. The van der Waals surface area contributed by atoms with Crippen molar-refractivity contribution in [2.45, 2.75) is 25.4 Å². The highest BCUT2D eigenvalue weighted by Crippen LogP contribution is 2.27. The van der Waals surface area contributed by atoms with Gasteiger partial charge in [-0.1, -0.05) is 23.4 Å². The number of oxime groups is 1. The van der Waals surface area contributed by atoms with E-state index in [0.717, 1.165) is 11.3 Å². The van der Waals surface area contributed by atoms with Crippen LogP contribution in [0.1, 0.15) is 18.4 Å². The first kappa shape index (κ1) is 13.2. The zero-order valence-electron chi connectivity index (χ0n) is 10.5. The van der Waals surface area contributed by atoms with Gasteiger partial charge in [-0.2, -0.15) is 0 Å². The number of rotatable bonds is 5. The van der Waals surface area contributed by atoms with Gasteiger partial charge in [0.2, 0.25) is 0 Å². The van der Waals surface area contributed by atoms with Crippen molar-refractivity contribution in [2.75, 3.05) is 6.54 Å². The van der Waals surface area contributed by atoms with E-state index < -0.39 is 6.10 Å². The molecular weight excluding hydrogens is 246 g/mol. The Morgan fingerprint density at radius 1 is 1.53 bits per heavy atom. The van der Waals surface area contributed by atoms with E-state index in [1.54, 1.807) is 0 Å². The van der Waals surface area contributed by atoms with Crippen LogP contribution in [0.5, 0.6) is 5.75 Å². The predicted molar refractivity (Wildman–Crippen MR) is 70.2 cm³/mol. The summed E-state index contributed by atoms with van der Waals surface area (Å²) in [5.74, 6) is 0.814. The third kappa shape index (κ3) is 3.37. The average molecular weight is 263 g/mol. The van der Waals surface area contributed by atoms with Crippen LogP contribution in [-0.2, 0) is 11.2 Å². The Morgan fingerprint density at radius 2 is 2.32 bits per heavy atom. The van der Waals surface area contributed by atoms with Gasteiger partial charge in [0, 0.05) is 19.4 Å². The van der Waals surface area contributed by atoms with Crippen LogP contribution in [0.25, 0.3) is 0 Å². The molecule has 0 saturated carbocycles. The van der Waals surface area contributed by atoms with Crippen LogP contribution >= 0.6 is 0 Å². The van der Waals surface area contributed by atoms with E-state index in [9.17, 15) is 4.79 Å². The van der Waals surface area contributed by atoms with E-state index in [1.807, 2.05) is 24.3 Å². The van der Waals surface area contributed by atoms with Crippen LogP contribution in [0.2, 0.25) is 0 Å². The molecule has 102 valence electrons. The number of amidine groups is 1. The molecule has 0 fully saturated rings. The highest BCUT2D eigenvalue weighted by atomic mass is 16.5. The second-order valence-corrected chi connectivity index (χ2v) is 4.40. The molecule has 0 bridgehead atoms. The van der Waals surface area contributed by atoms with Crippen molar-refractivity contribution in [1.29, 1.82) is 0 Å². The molecule has 2 rings (SSSR count). The highest BCUT2D eigenvalue weighted by Gasteiger charge is 2.28. The number of hydrogen-bond acceptors (Lipinski definition) is 4. The molecule has 4 N–H and O–H groups in total. The number of fused-ring (bicyclic) bond motifs is 1. The Kier molecular flexibility index (Phi) is 4.22. The van der Waals surface area contributed by atoms with Crippen molar-refractivity contribution < 1.29 is 14.7 Å². The number of carbonyl (C=O) groups excluding carboxylic acids is 1. The van der Waals surface area contributed by atoms with E-state index in [-0.39, 0.29) is 11.7 Å². The standard InChI is InChI=1S/C13H17N3O3/c14-12(16-18)6-3-7-15-13(17)11-8-9-4-1-2-5-10(9)19-11/h1-2,4-5,11,18H,3,6-8H2,(H2,14,16)(H,15,17). The van der Waals surface area contributed by atoms with Crippen LogP contribution in [-0.4, -0.2) is 29.6 Å². The molecule has 1 aromatic rings. The van der Waals surface area contributed by atoms with Crippen molar-refractivity contribution >= 4 is 11.7 Å². The number of carbonyl (C=O) groups is 1. The number of nitrogens with one attached hydrogen (secondary N) is 1. The van der Waals surface area contributed by atoms with Gasteiger partial charge < -0.3 is 21.0 Å². The van der Waals surface area contributed by atoms with Gasteiger partial charge in [-0.3, -0.25) is 4.79 Å².